The molecule has 0 saturated carbocycles. The Hall–Kier alpha value is -6.58. The molecule has 3 heterocycles. The molecule has 0 amide bonds. The summed E-state index contributed by atoms with van der Waals surface area (Å²) in [6.45, 7) is 0.138. The van der Waals surface area contributed by atoms with Gasteiger partial charge in [-0.05, 0) is 97.9 Å². The van der Waals surface area contributed by atoms with E-state index in [1.807, 2.05) is 6.07 Å². The van der Waals surface area contributed by atoms with Gasteiger partial charge in [-0.15, -0.1) is 0 Å². The molecule has 3 heteroatoms. The highest BCUT2D eigenvalue weighted by Crippen LogP contribution is 2.46. The first-order valence-electron chi connectivity index (χ1n) is 17.6. The molecule has 0 aliphatic carbocycles. The van der Waals surface area contributed by atoms with Crippen molar-refractivity contribution in [1.82, 2.24) is 0 Å². The fourth-order valence-corrected chi connectivity index (χ4v) is 8.65. The Labute approximate surface area is 297 Å². The molecule has 2 nitrogen and oxygen atoms in total. The van der Waals surface area contributed by atoms with Gasteiger partial charge in [0, 0.05) is 27.8 Å². The van der Waals surface area contributed by atoms with Crippen LogP contribution >= 0.6 is 0 Å². The lowest BCUT2D eigenvalue weighted by molar-refractivity contribution is 0.669. The largest absolute Gasteiger partial charge is 0.456 e. The number of benzene rings is 8. The second-order valence-electron chi connectivity index (χ2n) is 13.6. The molecule has 11 rings (SSSR count). The summed E-state index contributed by atoms with van der Waals surface area (Å²) >= 11 is 0. The zero-order valence-electron chi connectivity index (χ0n) is 27.8. The Bertz CT molecular complexity index is 2820. The maximum absolute atomic E-state index is 6.39. The van der Waals surface area contributed by atoms with Gasteiger partial charge in [-0.25, -0.2) is 0 Å². The summed E-state index contributed by atoms with van der Waals surface area (Å²) in [7, 11) is 0. The molecule has 0 bridgehead atoms. The minimum Gasteiger partial charge on any atom is -0.456 e. The van der Waals surface area contributed by atoms with Crippen molar-refractivity contribution in [2.24, 2.45) is 0 Å². The second-order valence-corrected chi connectivity index (χ2v) is 13.6. The van der Waals surface area contributed by atoms with Crippen LogP contribution in [-0.2, 0) is 0 Å². The molecule has 0 spiro atoms. The molecule has 9 aromatic rings. The van der Waals surface area contributed by atoms with Crippen LogP contribution in [0.2, 0.25) is 0 Å². The van der Waals surface area contributed by atoms with Gasteiger partial charge in [0.2, 0.25) is 6.71 Å². The van der Waals surface area contributed by atoms with E-state index in [0.717, 1.165) is 27.6 Å². The maximum Gasteiger partial charge on any atom is 0.248 e. The van der Waals surface area contributed by atoms with Crippen LogP contribution in [0.15, 0.2) is 186 Å². The molecule has 8 aromatic carbocycles. The van der Waals surface area contributed by atoms with E-state index in [1.165, 1.54) is 72.3 Å². The number of nitrogens with zero attached hydrogens (tertiary/aromatic N) is 1. The third kappa shape index (κ3) is 4.25. The van der Waals surface area contributed by atoms with Crippen LogP contribution in [0.4, 0.5) is 17.1 Å². The van der Waals surface area contributed by atoms with E-state index >= 15 is 0 Å². The molecule has 51 heavy (non-hydrogen) atoms. The van der Waals surface area contributed by atoms with Crippen molar-refractivity contribution in [3.63, 3.8) is 0 Å². The first-order valence-corrected chi connectivity index (χ1v) is 17.6. The van der Waals surface area contributed by atoms with Gasteiger partial charge in [-0.3, -0.25) is 0 Å². The lowest BCUT2D eigenvalue weighted by Gasteiger charge is -2.37. The summed E-state index contributed by atoms with van der Waals surface area (Å²) in [5, 5.41) is 2.30. The van der Waals surface area contributed by atoms with E-state index in [-0.39, 0.29) is 6.71 Å². The molecule has 0 radical (unpaired) electrons. The summed E-state index contributed by atoms with van der Waals surface area (Å²) < 4.78 is 6.39. The number of hydrogen-bond acceptors (Lipinski definition) is 2. The number of furan rings is 1. The monoisotopic (exact) mass is 647 g/mol. The summed E-state index contributed by atoms with van der Waals surface area (Å²) in [6, 6.07) is 66.2. The average Bonchev–Trinajstić information content (AvgIpc) is 3.75. The highest BCUT2D eigenvalue weighted by Gasteiger charge is 2.43. The van der Waals surface area contributed by atoms with Crippen LogP contribution in [0.5, 0.6) is 0 Å². The van der Waals surface area contributed by atoms with E-state index in [2.05, 4.69) is 181 Å². The summed E-state index contributed by atoms with van der Waals surface area (Å²) in [6.07, 6.45) is 0. The molecule has 1 aromatic heterocycles. The van der Waals surface area contributed by atoms with Crippen molar-refractivity contribution in [3.8, 4) is 44.5 Å². The fourth-order valence-electron chi connectivity index (χ4n) is 8.65. The number of anilines is 3. The van der Waals surface area contributed by atoms with Crippen molar-refractivity contribution in [2.75, 3.05) is 4.90 Å². The van der Waals surface area contributed by atoms with Crippen molar-refractivity contribution in [2.45, 2.75) is 0 Å². The smallest absolute Gasteiger partial charge is 0.248 e. The van der Waals surface area contributed by atoms with Gasteiger partial charge in [-0.1, -0.05) is 145 Å². The van der Waals surface area contributed by atoms with Crippen LogP contribution in [0.25, 0.3) is 66.4 Å². The lowest BCUT2D eigenvalue weighted by atomic mass is 9.37. The van der Waals surface area contributed by atoms with Gasteiger partial charge >= 0.3 is 0 Å². The Balaban J connectivity index is 1.23. The SMILES string of the molecule is c1ccc(-c2cccc(N3c4cc(-c5ccccc5)ccc4B4c5ccccc5-c5cc(-c6cccc7oc8ccccc8c67)cc3c54)c2)cc1. The number of fused-ring (bicyclic) bond motifs is 8. The van der Waals surface area contributed by atoms with Gasteiger partial charge in [0.05, 0.1) is 0 Å². The molecule has 0 unspecified atom stereocenters. The predicted molar refractivity (Wildman–Crippen MR) is 215 cm³/mol. The van der Waals surface area contributed by atoms with Gasteiger partial charge in [0.1, 0.15) is 11.2 Å². The first-order chi connectivity index (χ1) is 25.3. The Kier molecular flexibility index (Phi) is 6.08. The van der Waals surface area contributed by atoms with Crippen LogP contribution < -0.4 is 21.3 Å². The number of rotatable bonds is 4. The zero-order valence-corrected chi connectivity index (χ0v) is 27.8. The minimum atomic E-state index is 0.138. The Morgan fingerprint density at radius 1 is 0.392 bits per heavy atom. The topological polar surface area (TPSA) is 16.4 Å². The van der Waals surface area contributed by atoms with Crippen molar-refractivity contribution in [3.05, 3.63) is 182 Å². The summed E-state index contributed by atoms with van der Waals surface area (Å²) in [5.41, 5.74) is 19.3. The highest BCUT2D eigenvalue weighted by atomic mass is 16.3. The maximum atomic E-state index is 6.39. The second kappa shape index (κ2) is 11.0. The van der Waals surface area contributed by atoms with Crippen LogP contribution in [0.1, 0.15) is 0 Å². The van der Waals surface area contributed by atoms with E-state index in [1.54, 1.807) is 0 Å². The van der Waals surface area contributed by atoms with E-state index in [4.69, 9.17) is 4.42 Å². The van der Waals surface area contributed by atoms with E-state index < -0.39 is 0 Å². The van der Waals surface area contributed by atoms with Gasteiger partial charge in [0.15, 0.2) is 0 Å². The van der Waals surface area contributed by atoms with Gasteiger partial charge in [0.25, 0.3) is 0 Å². The van der Waals surface area contributed by atoms with Crippen LogP contribution in [0, 0.1) is 0 Å². The van der Waals surface area contributed by atoms with Gasteiger partial charge < -0.3 is 9.32 Å². The zero-order chi connectivity index (χ0) is 33.5. The standard InChI is InChI=1S/C48H30BNO/c1-3-13-31(14-4-1)33-17-11-18-36(27-33)50-43-29-34(32-15-5-2-6-16-32)25-26-42(43)49-41-22-9-7-19-38(41)40-28-35(30-44(50)48(40)49)37-21-12-24-46-47(37)39-20-8-10-23-45(39)51-46/h1-30H. The molecular weight excluding hydrogens is 617 g/mol. The summed E-state index contributed by atoms with van der Waals surface area (Å²) in [5.74, 6) is 0. The van der Waals surface area contributed by atoms with Crippen molar-refractivity contribution < 1.29 is 4.42 Å². The van der Waals surface area contributed by atoms with Crippen molar-refractivity contribution in [1.29, 1.82) is 0 Å². The molecule has 0 atom stereocenters. The van der Waals surface area contributed by atoms with E-state index in [0.29, 0.717) is 0 Å². The average molecular weight is 648 g/mol. The summed E-state index contributed by atoms with van der Waals surface area (Å²) in [4.78, 5) is 2.52. The van der Waals surface area contributed by atoms with E-state index in [9.17, 15) is 0 Å². The molecular formula is C48H30BNO. The van der Waals surface area contributed by atoms with Gasteiger partial charge in [-0.2, -0.15) is 0 Å². The molecule has 0 N–H and O–H groups in total. The van der Waals surface area contributed by atoms with Crippen LogP contribution in [0.3, 0.4) is 0 Å². The first kappa shape index (κ1) is 28.3. The third-order valence-corrected chi connectivity index (χ3v) is 10.9. The minimum absolute atomic E-state index is 0.138. The molecule has 2 aliphatic rings. The molecule has 236 valence electrons. The van der Waals surface area contributed by atoms with Crippen molar-refractivity contribution >= 4 is 62.1 Å². The fraction of sp³-hybridized carbons (Fsp3) is 0. The molecule has 0 saturated heterocycles. The Morgan fingerprint density at radius 2 is 1.04 bits per heavy atom. The molecule has 0 fully saturated rings. The lowest BCUT2D eigenvalue weighted by Crippen LogP contribution is -2.54. The third-order valence-electron chi connectivity index (χ3n) is 10.9. The van der Waals surface area contributed by atoms with Crippen LogP contribution in [-0.4, -0.2) is 6.71 Å². The quantitative estimate of drug-likeness (QED) is 0.177. The predicted octanol–water partition coefficient (Wildman–Crippen LogP) is 10.9. The number of para-hydroxylation sites is 1. The number of hydrogen-bond donors (Lipinski definition) is 0. The highest BCUT2D eigenvalue weighted by molar-refractivity contribution is 7.01. The normalized spacial score (nSPS) is 12.6. The molecule has 2 aliphatic heterocycles. The Morgan fingerprint density at radius 3 is 1.88 bits per heavy atom.